The Bertz CT molecular complexity index is 1440. The number of nitrogens with zero attached hydrogens (tertiary/aromatic N) is 1. The largest absolute Gasteiger partial charge is 0.431 e. The fourth-order valence-electron chi connectivity index (χ4n) is 4.21. The van der Waals surface area contributed by atoms with Crippen molar-refractivity contribution in [3.05, 3.63) is 106 Å². The molecule has 4 nitrogen and oxygen atoms in total. The van der Waals surface area contributed by atoms with Crippen LogP contribution >= 0.6 is 11.8 Å². The van der Waals surface area contributed by atoms with Crippen molar-refractivity contribution in [3.63, 3.8) is 0 Å². The van der Waals surface area contributed by atoms with Crippen LogP contribution in [0.3, 0.4) is 0 Å². The zero-order valence-corrected chi connectivity index (χ0v) is 20.2. The number of benzene rings is 3. The molecule has 2 heterocycles. The lowest BCUT2D eigenvalue weighted by Crippen LogP contribution is -2.02. The lowest BCUT2D eigenvalue weighted by atomic mass is 9.95. The summed E-state index contributed by atoms with van der Waals surface area (Å²) in [6.07, 6.45) is 0. The molecule has 0 radical (unpaired) electrons. The van der Waals surface area contributed by atoms with Crippen LogP contribution in [0.15, 0.2) is 97.7 Å². The van der Waals surface area contributed by atoms with Crippen LogP contribution in [-0.2, 0) is 5.75 Å². The van der Waals surface area contributed by atoms with Gasteiger partial charge in [-0.05, 0) is 41.7 Å². The molecule has 0 N–H and O–H groups in total. The molecule has 0 aliphatic rings. The first-order valence-corrected chi connectivity index (χ1v) is 12.3. The number of hydrogen-bond acceptors (Lipinski definition) is 5. The van der Waals surface area contributed by atoms with E-state index < -0.39 is 0 Å². The smallest absolute Gasteiger partial charge is 0.336 e. The summed E-state index contributed by atoms with van der Waals surface area (Å²) in [5, 5.41) is 1.52. The minimum Gasteiger partial charge on any atom is -0.431 e. The molecular weight excluding hydrogens is 442 g/mol. The fraction of sp³-hybridized carbons (Fsp3) is 0.172. The Balaban J connectivity index is 1.53. The van der Waals surface area contributed by atoms with Gasteiger partial charge in [0.05, 0.1) is 0 Å². The highest BCUT2D eigenvalue weighted by Crippen LogP contribution is 2.37. The number of hydrogen-bond donors (Lipinski definition) is 0. The molecule has 0 saturated carbocycles. The second kappa shape index (κ2) is 9.35. The highest BCUT2D eigenvalue weighted by molar-refractivity contribution is 7.98. The van der Waals surface area contributed by atoms with Crippen molar-refractivity contribution in [2.75, 3.05) is 0 Å². The van der Waals surface area contributed by atoms with Crippen molar-refractivity contribution in [2.24, 2.45) is 0 Å². The lowest BCUT2D eigenvalue weighted by Gasteiger charge is -2.12. The third-order valence-corrected chi connectivity index (χ3v) is 6.76. The van der Waals surface area contributed by atoms with Crippen molar-refractivity contribution in [3.8, 4) is 22.6 Å². The SMILES string of the molecule is Cc1cc2oc(=O)cc(CSc3nc(-c4ccccc4)c(-c4ccccc4)o3)c2cc1C(C)C. The van der Waals surface area contributed by atoms with Gasteiger partial charge in [0.15, 0.2) is 5.76 Å². The number of oxazole rings is 1. The van der Waals surface area contributed by atoms with E-state index in [4.69, 9.17) is 13.8 Å². The van der Waals surface area contributed by atoms with Gasteiger partial charge in [-0.3, -0.25) is 0 Å². The van der Waals surface area contributed by atoms with Crippen LogP contribution in [0.1, 0.15) is 36.5 Å². The number of thioether (sulfide) groups is 1. The van der Waals surface area contributed by atoms with E-state index in [0.29, 0.717) is 22.5 Å². The molecule has 5 heteroatoms. The molecule has 0 spiro atoms. The summed E-state index contributed by atoms with van der Waals surface area (Å²) in [5.74, 6) is 1.67. The van der Waals surface area contributed by atoms with E-state index in [9.17, 15) is 4.79 Å². The molecule has 0 unspecified atom stereocenters. The van der Waals surface area contributed by atoms with Gasteiger partial charge in [0.1, 0.15) is 11.3 Å². The van der Waals surface area contributed by atoms with Crippen LogP contribution in [0.2, 0.25) is 0 Å². The molecule has 0 amide bonds. The predicted molar refractivity (Wildman–Crippen MR) is 138 cm³/mol. The van der Waals surface area contributed by atoms with Gasteiger partial charge in [0, 0.05) is 28.3 Å². The summed E-state index contributed by atoms with van der Waals surface area (Å²) in [4.78, 5) is 17.1. The molecule has 5 rings (SSSR count). The molecule has 0 aliphatic heterocycles. The van der Waals surface area contributed by atoms with Gasteiger partial charge in [0.2, 0.25) is 0 Å². The first-order valence-electron chi connectivity index (χ1n) is 11.3. The van der Waals surface area contributed by atoms with E-state index in [1.165, 1.54) is 17.3 Å². The molecular formula is C29H25NO3S. The number of rotatable bonds is 6. The monoisotopic (exact) mass is 467 g/mol. The van der Waals surface area contributed by atoms with Crippen molar-refractivity contribution >= 4 is 22.7 Å². The number of aromatic nitrogens is 1. The second-order valence-corrected chi connectivity index (χ2v) is 9.56. The molecule has 170 valence electrons. The molecule has 5 aromatic rings. The second-order valence-electron chi connectivity index (χ2n) is 8.63. The van der Waals surface area contributed by atoms with Gasteiger partial charge in [-0.25, -0.2) is 9.78 Å². The Morgan fingerprint density at radius 3 is 2.24 bits per heavy atom. The minimum atomic E-state index is -0.345. The summed E-state index contributed by atoms with van der Waals surface area (Å²) in [6, 6.07) is 25.7. The summed E-state index contributed by atoms with van der Waals surface area (Å²) < 4.78 is 11.8. The van der Waals surface area contributed by atoms with Crippen LogP contribution in [0.25, 0.3) is 33.6 Å². The maximum atomic E-state index is 12.3. The molecule has 0 bridgehead atoms. The number of aryl methyl sites for hydroxylation is 1. The summed E-state index contributed by atoms with van der Waals surface area (Å²) >= 11 is 1.48. The average Bonchev–Trinajstić information content (AvgIpc) is 3.27. The third kappa shape index (κ3) is 4.44. The first-order chi connectivity index (χ1) is 16.5. The van der Waals surface area contributed by atoms with Gasteiger partial charge >= 0.3 is 5.63 Å². The molecule has 0 atom stereocenters. The highest BCUT2D eigenvalue weighted by atomic mass is 32.2. The maximum Gasteiger partial charge on any atom is 0.336 e. The molecule has 3 aromatic carbocycles. The summed E-state index contributed by atoms with van der Waals surface area (Å²) in [6.45, 7) is 6.40. The van der Waals surface area contributed by atoms with Gasteiger partial charge in [0.25, 0.3) is 5.22 Å². The predicted octanol–water partition coefficient (Wildman–Crippen LogP) is 7.84. The quantitative estimate of drug-likeness (QED) is 0.188. The van der Waals surface area contributed by atoms with Gasteiger partial charge in [-0.2, -0.15) is 0 Å². The Kier molecular flexibility index (Phi) is 6.12. The Hall–Kier alpha value is -3.57. The minimum absolute atomic E-state index is 0.345. The standard InChI is InChI=1S/C29H25NO3S/c1-18(2)23-16-24-22(15-26(31)32-25(24)14-19(23)3)17-34-29-30-27(20-10-6-4-7-11-20)28(33-29)21-12-8-5-9-13-21/h4-16,18H,17H2,1-3H3. The zero-order chi connectivity index (χ0) is 23.7. The third-order valence-electron chi connectivity index (χ3n) is 5.88. The first kappa shape index (κ1) is 22.2. The Morgan fingerprint density at radius 1 is 0.882 bits per heavy atom. The molecule has 0 aliphatic carbocycles. The van der Waals surface area contributed by atoms with Gasteiger partial charge < -0.3 is 8.83 Å². The van der Waals surface area contributed by atoms with Crippen LogP contribution < -0.4 is 5.63 Å². The molecule has 34 heavy (non-hydrogen) atoms. The van der Waals surface area contributed by atoms with E-state index in [2.05, 4.69) is 26.8 Å². The van der Waals surface area contributed by atoms with E-state index >= 15 is 0 Å². The van der Waals surface area contributed by atoms with Crippen molar-refractivity contribution in [1.29, 1.82) is 0 Å². The van der Waals surface area contributed by atoms with E-state index in [1.807, 2.05) is 66.7 Å². The van der Waals surface area contributed by atoms with Crippen LogP contribution in [0.4, 0.5) is 0 Å². The van der Waals surface area contributed by atoms with E-state index in [1.54, 1.807) is 6.07 Å². The van der Waals surface area contributed by atoms with Crippen molar-refractivity contribution < 1.29 is 8.83 Å². The summed E-state index contributed by atoms with van der Waals surface area (Å²) in [7, 11) is 0. The van der Waals surface area contributed by atoms with Crippen molar-refractivity contribution in [2.45, 2.75) is 37.7 Å². The fourth-order valence-corrected chi connectivity index (χ4v) is 5.03. The topological polar surface area (TPSA) is 56.2 Å². The number of fused-ring (bicyclic) bond motifs is 1. The van der Waals surface area contributed by atoms with E-state index in [-0.39, 0.29) is 5.63 Å². The van der Waals surface area contributed by atoms with Gasteiger partial charge in [-0.15, -0.1) is 0 Å². The normalized spacial score (nSPS) is 11.4. The molecule has 2 aromatic heterocycles. The maximum absolute atomic E-state index is 12.3. The molecule has 0 fully saturated rings. The van der Waals surface area contributed by atoms with Gasteiger partial charge in [-0.1, -0.05) is 86.3 Å². The van der Waals surface area contributed by atoms with Crippen LogP contribution in [0.5, 0.6) is 0 Å². The van der Waals surface area contributed by atoms with Crippen molar-refractivity contribution in [1.82, 2.24) is 4.98 Å². The summed E-state index contributed by atoms with van der Waals surface area (Å²) in [5.41, 5.74) is 6.35. The highest BCUT2D eigenvalue weighted by Gasteiger charge is 2.18. The van der Waals surface area contributed by atoms with Crippen LogP contribution in [0, 0.1) is 6.92 Å². The average molecular weight is 468 g/mol. The Labute approximate surface area is 202 Å². The zero-order valence-electron chi connectivity index (χ0n) is 19.4. The Morgan fingerprint density at radius 2 is 1.56 bits per heavy atom. The lowest BCUT2D eigenvalue weighted by molar-refractivity contribution is 0.466. The molecule has 0 saturated heterocycles. The van der Waals surface area contributed by atoms with Crippen LogP contribution in [-0.4, -0.2) is 4.98 Å². The van der Waals surface area contributed by atoms with E-state index in [0.717, 1.165) is 39.1 Å².